The Morgan fingerprint density at radius 1 is 0.960 bits per heavy atom. The minimum absolute atomic E-state index is 0.0354. The lowest BCUT2D eigenvalue weighted by Crippen LogP contribution is -2.55. The van der Waals surface area contributed by atoms with Crippen LogP contribution in [0, 0.1) is 0 Å². The van der Waals surface area contributed by atoms with Crippen molar-refractivity contribution in [3.05, 3.63) is 46.7 Å². The van der Waals surface area contributed by atoms with Crippen LogP contribution >= 0.6 is 11.3 Å². The topological polar surface area (TPSA) is 59.1 Å². The van der Waals surface area contributed by atoms with E-state index in [0.29, 0.717) is 37.7 Å². The lowest BCUT2D eigenvalue weighted by atomic mass is 10.2. The number of para-hydroxylation sites is 2. The van der Waals surface area contributed by atoms with E-state index in [2.05, 4.69) is 0 Å². The molecule has 0 bridgehead atoms. The number of rotatable bonds is 2. The molecule has 0 N–H and O–H groups in total. The molecule has 0 spiro atoms. The molecule has 1 saturated heterocycles. The maximum absolute atomic E-state index is 12.7. The maximum atomic E-state index is 12.7. The van der Waals surface area contributed by atoms with Gasteiger partial charge < -0.3 is 19.3 Å². The number of fused-ring (bicyclic) bond motifs is 1. The van der Waals surface area contributed by atoms with E-state index < -0.39 is 6.10 Å². The van der Waals surface area contributed by atoms with Crippen molar-refractivity contribution in [3.63, 3.8) is 0 Å². The second-order valence-corrected chi connectivity index (χ2v) is 6.91. The third-order valence-corrected chi connectivity index (χ3v) is 5.25. The zero-order chi connectivity index (χ0) is 17.2. The summed E-state index contributed by atoms with van der Waals surface area (Å²) < 4.78 is 11.4. The number of carbonyl (C=O) groups excluding carboxylic acids is 2. The summed E-state index contributed by atoms with van der Waals surface area (Å²) in [5.74, 6) is 1.21. The van der Waals surface area contributed by atoms with E-state index in [1.54, 1.807) is 15.9 Å². The monoisotopic (exact) mass is 358 g/mol. The summed E-state index contributed by atoms with van der Waals surface area (Å²) in [6, 6.07) is 11.0. The molecule has 1 aromatic heterocycles. The first-order valence-electron chi connectivity index (χ1n) is 8.22. The van der Waals surface area contributed by atoms with Gasteiger partial charge in [0.05, 0.1) is 4.88 Å². The van der Waals surface area contributed by atoms with Gasteiger partial charge in [0.25, 0.3) is 11.8 Å². The summed E-state index contributed by atoms with van der Waals surface area (Å²) in [5, 5.41) is 1.89. The predicted octanol–water partition coefficient (Wildman–Crippen LogP) is 1.87. The van der Waals surface area contributed by atoms with Gasteiger partial charge in [0.2, 0.25) is 6.10 Å². The Balaban J connectivity index is 1.35. The highest BCUT2D eigenvalue weighted by atomic mass is 32.1. The Labute approximate surface area is 149 Å². The number of piperazine rings is 1. The fourth-order valence-electron chi connectivity index (χ4n) is 3.03. The first-order chi connectivity index (χ1) is 12.2. The van der Waals surface area contributed by atoms with E-state index in [1.165, 1.54) is 11.3 Å². The minimum atomic E-state index is -0.630. The first kappa shape index (κ1) is 16.0. The predicted molar refractivity (Wildman–Crippen MR) is 93.2 cm³/mol. The van der Waals surface area contributed by atoms with Gasteiger partial charge in [-0.25, -0.2) is 0 Å². The van der Waals surface area contributed by atoms with Crippen LogP contribution in [0.3, 0.4) is 0 Å². The fraction of sp³-hybridized carbons (Fsp3) is 0.333. The van der Waals surface area contributed by atoms with Gasteiger partial charge in [0, 0.05) is 26.2 Å². The number of amides is 2. The Kier molecular flexibility index (Phi) is 4.31. The summed E-state index contributed by atoms with van der Waals surface area (Å²) in [5.41, 5.74) is 0. The molecule has 2 amide bonds. The highest BCUT2D eigenvalue weighted by molar-refractivity contribution is 7.12. The number of thiophene rings is 1. The van der Waals surface area contributed by atoms with E-state index in [1.807, 2.05) is 35.7 Å². The van der Waals surface area contributed by atoms with Gasteiger partial charge >= 0.3 is 0 Å². The minimum Gasteiger partial charge on any atom is -0.485 e. The Hall–Kier alpha value is -2.54. The van der Waals surface area contributed by atoms with Crippen molar-refractivity contribution in [3.8, 4) is 11.5 Å². The molecule has 1 atom stereocenters. The highest BCUT2D eigenvalue weighted by Crippen LogP contribution is 2.31. The number of benzene rings is 1. The van der Waals surface area contributed by atoms with E-state index in [9.17, 15) is 9.59 Å². The molecule has 0 radical (unpaired) electrons. The van der Waals surface area contributed by atoms with Crippen LogP contribution in [-0.4, -0.2) is 60.5 Å². The van der Waals surface area contributed by atoms with Gasteiger partial charge in [-0.3, -0.25) is 9.59 Å². The molecule has 0 aliphatic carbocycles. The summed E-state index contributed by atoms with van der Waals surface area (Å²) >= 11 is 1.44. The maximum Gasteiger partial charge on any atom is 0.267 e. The van der Waals surface area contributed by atoms with Gasteiger partial charge in [-0.1, -0.05) is 18.2 Å². The molecule has 1 aromatic carbocycles. The highest BCUT2D eigenvalue weighted by Gasteiger charge is 2.33. The third-order valence-electron chi connectivity index (χ3n) is 4.39. The van der Waals surface area contributed by atoms with Crippen molar-refractivity contribution in [2.24, 2.45) is 0 Å². The second-order valence-electron chi connectivity index (χ2n) is 5.96. The SMILES string of the molecule is O=C(c1cccs1)N1CCN(C(=O)[C@@H]2COc3ccccc3O2)CC1. The number of ether oxygens (including phenoxy) is 2. The summed E-state index contributed by atoms with van der Waals surface area (Å²) in [6.07, 6.45) is -0.630. The average molecular weight is 358 g/mol. The van der Waals surface area contributed by atoms with Crippen molar-refractivity contribution < 1.29 is 19.1 Å². The summed E-state index contributed by atoms with van der Waals surface area (Å²) in [7, 11) is 0. The van der Waals surface area contributed by atoms with Crippen LogP contribution in [0.5, 0.6) is 11.5 Å². The molecule has 6 nitrogen and oxygen atoms in total. The van der Waals surface area contributed by atoms with E-state index in [0.717, 1.165) is 4.88 Å². The van der Waals surface area contributed by atoms with Crippen LogP contribution in [0.1, 0.15) is 9.67 Å². The molecule has 2 aliphatic heterocycles. The van der Waals surface area contributed by atoms with Crippen molar-refractivity contribution in [1.29, 1.82) is 0 Å². The lowest BCUT2D eigenvalue weighted by molar-refractivity contribution is -0.142. The van der Waals surface area contributed by atoms with Crippen molar-refractivity contribution in [1.82, 2.24) is 9.80 Å². The van der Waals surface area contributed by atoms with Crippen LogP contribution in [0.15, 0.2) is 41.8 Å². The van der Waals surface area contributed by atoms with Gasteiger partial charge in [0.15, 0.2) is 11.5 Å². The Morgan fingerprint density at radius 3 is 2.40 bits per heavy atom. The average Bonchev–Trinajstić information content (AvgIpc) is 3.21. The lowest BCUT2D eigenvalue weighted by Gasteiger charge is -2.37. The summed E-state index contributed by atoms with van der Waals surface area (Å²) in [6.45, 7) is 2.30. The van der Waals surface area contributed by atoms with Gasteiger partial charge in [-0.15, -0.1) is 11.3 Å². The number of hydrogen-bond donors (Lipinski definition) is 0. The smallest absolute Gasteiger partial charge is 0.267 e. The molecule has 0 saturated carbocycles. The van der Waals surface area contributed by atoms with Crippen LogP contribution < -0.4 is 9.47 Å². The zero-order valence-corrected chi connectivity index (χ0v) is 14.4. The van der Waals surface area contributed by atoms with Crippen molar-refractivity contribution in [2.75, 3.05) is 32.8 Å². The van der Waals surface area contributed by atoms with E-state index in [4.69, 9.17) is 9.47 Å². The fourth-order valence-corrected chi connectivity index (χ4v) is 3.72. The van der Waals surface area contributed by atoms with Crippen LogP contribution in [0.25, 0.3) is 0 Å². The van der Waals surface area contributed by atoms with Crippen LogP contribution in [0.2, 0.25) is 0 Å². The standard InChI is InChI=1S/C18H18N2O4S/c21-17(15-12-23-13-4-1-2-5-14(13)24-15)19-7-9-20(10-8-19)18(22)16-6-3-11-25-16/h1-6,11,15H,7-10,12H2/t15-/m0/s1. The normalized spacial score (nSPS) is 19.6. The van der Waals surface area contributed by atoms with Gasteiger partial charge in [0.1, 0.15) is 6.61 Å². The van der Waals surface area contributed by atoms with Crippen molar-refractivity contribution in [2.45, 2.75) is 6.10 Å². The molecule has 130 valence electrons. The quantitative estimate of drug-likeness (QED) is 0.822. The second kappa shape index (κ2) is 6.76. The largest absolute Gasteiger partial charge is 0.485 e. The molecule has 7 heteroatoms. The van der Waals surface area contributed by atoms with Crippen LogP contribution in [0.4, 0.5) is 0 Å². The Morgan fingerprint density at radius 2 is 1.68 bits per heavy atom. The number of hydrogen-bond acceptors (Lipinski definition) is 5. The molecular weight excluding hydrogens is 340 g/mol. The van der Waals surface area contributed by atoms with E-state index in [-0.39, 0.29) is 18.4 Å². The van der Waals surface area contributed by atoms with Gasteiger partial charge in [-0.2, -0.15) is 0 Å². The molecule has 1 fully saturated rings. The molecule has 0 unspecified atom stereocenters. The molecule has 25 heavy (non-hydrogen) atoms. The van der Waals surface area contributed by atoms with E-state index >= 15 is 0 Å². The van der Waals surface area contributed by atoms with Crippen LogP contribution in [-0.2, 0) is 4.79 Å². The molecule has 2 aromatic rings. The van der Waals surface area contributed by atoms with Gasteiger partial charge in [-0.05, 0) is 23.6 Å². The number of carbonyl (C=O) groups is 2. The molecular formula is C18H18N2O4S. The summed E-state index contributed by atoms with van der Waals surface area (Å²) in [4.78, 5) is 29.3. The molecule has 3 heterocycles. The first-order valence-corrected chi connectivity index (χ1v) is 9.10. The Bertz CT molecular complexity index is 769. The molecule has 4 rings (SSSR count). The number of nitrogens with zero attached hydrogens (tertiary/aromatic N) is 2. The zero-order valence-electron chi connectivity index (χ0n) is 13.6. The third kappa shape index (κ3) is 3.19. The molecule has 2 aliphatic rings. The van der Waals surface area contributed by atoms with Crippen molar-refractivity contribution >= 4 is 23.2 Å².